The molecular formula is C19H33IN4O3S. The molecule has 1 heterocycles. The van der Waals surface area contributed by atoms with Crippen molar-refractivity contribution in [2.24, 2.45) is 10.9 Å². The second-order valence-electron chi connectivity index (χ2n) is 6.72. The fraction of sp³-hybridized carbons (Fsp3) is 0.632. The van der Waals surface area contributed by atoms with E-state index in [9.17, 15) is 8.42 Å². The van der Waals surface area contributed by atoms with Gasteiger partial charge in [0.2, 0.25) is 10.0 Å². The van der Waals surface area contributed by atoms with E-state index in [0.29, 0.717) is 32.2 Å². The maximum Gasteiger partial charge on any atom is 0.211 e. The lowest BCUT2D eigenvalue weighted by Crippen LogP contribution is -2.44. The first kappa shape index (κ1) is 25.0. The van der Waals surface area contributed by atoms with Crippen LogP contribution in [0.5, 0.6) is 5.75 Å². The Morgan fingerprint density at radius 2 is 1.89 bits per heavy atom. The van der Waals surface area contributed by atoms with E-state index in [-0.39, 0.29) is 24.0 Å². The minimum atomic E-state index is -3.07. The highest BCUT2D eigenvalue weighted by molar-refractivity contribution is 14.0. The van der Waals surface area contributed by atoms with E-state index in [2.05, 4.69) is 15.6 Å². The highest BCUT2D eigenvalue weighted by atomic mass is 127. The molecule has 1 aromatic rings. The Morgan fingerprint density at radius 1 is 1.21 bits per heavy atom. The molecule has 0 spiro atoms. The zero-order valence-corrected chi connectivity index (χ0v) is 20.1. The van der Waals surface area contributed by atoms with E-state index in [0.717, 1.165) is 43.2 Å². The number of guanidine groups is 1. The summed E-state index contributed by atoms with van der Waals surface area (Å²) in [5.41, 5.74) is 1.05. The van der Waals surface area contributed by atoms with Gasteiger partial charge in [0.25, 0.3) is 0 Å². The predicted octanol–water partition coefficient (Wildman–Crippen LogP) is 2.43. The molecule has 0 atom stereocenters. The highest BCUT2D eigenvalue weighted by Crippen LogP contribution is 2.19. The van der Waals surface area contributed by atoms with Crippen LogP contribution in [-0.4, -0.2) is 57.7 Å². The third kappa shape index (κ3) is 8.12. The standard InChI is InChI=1S/C19H32N4O3S.HI/c1-4-20-19(22-15-17-8-6-7-9-18(17)26-5-2)21-14-16-10-12-23(13-11-16)27(3,24)25;/h6-9,16H,4-5,10-15H2,1-3H3,(H2,20,21,22);1H. The molecule has 0 amide bonds. The van der Waals surface area contributed by atoms with E-state index >= 15 is 0 Å². The summed E-state index contributed by atoms with van der Waals surface area (Å²) in [6.45, 7) is 7.95. The Hall–Kier alpha value is -1.07. The Kier molecular flexibility index (Phi) is 11.1. The summed E-state index contributed by atoms with van der Waals surface area (Å²) in [5, 5.41) is 6.66. The molecule has 1 aliphatic rings. The number of piperidine rings is 1. The summed E-state index contributed by atoms with van der Waals surface area (Å²) in [4.78, 5) is 4.67. The Labute approximate surface area is 186 Å². The molecule has 0 aliphatic carbocycles. The SMILES string of the molecule is CCNC(=NCc1ccccc1OCC)NCC1CCN(S(C)(=O)=O)CC1.I. The molecule has 0 saturated carbocycles. The maximum absolute atomic E-state index is 11.6. The van der Waals surface area contributed by atoms with Gasteiger partial charge in [-0.05, 0) is 38.7 Å². The van der Waals surface area contributed by atoms with Gasteiger partial charge in [-0.1, -0.05) is 18.2 Å². The van der Waals surface area contributed by atoms with Crippen molar-refractivity contribution in [2.45, 2.75) is 33.2 Å². The minimum Gasteiger partial charge on any atom is -0.494 e. The summed E-state index contributed by atoms with van der Waals surface area (Å²) in [7, 11) is -3.07. The van der Waals surface area contributed by atoms with E-state index in [1.807, 2.05) is 38.1 Å². The molecule has 1 fully saturated rings. The van der Waals surface area contributed by atoms with Gasteiger partial charge in [0.05, 0.1) is 19.4 Å². The van der Waals surface area contributed by atoms with Crippen molar-refractivity contribution in [3.8, 4) is 5.75 Å². The van der Waals surface area contributed by atoms with Crippen molar-refractivity contribution < 1.29 is 13.2 Å². The van der Waals surface area contributed by atoms with Gasteiger partial charge in [-0.2, -0.15) is 0 Å². The molecular weight excluding hydrogens is 491 g/mol. The van der Waals surface area contributed by atoms with Crippen molar-refractivity contribution in [2.75, 3.05) is 39.0 Å². The molecule has 0 aromatic heterocycles. The van der Waals surface area contributed by atoms with Crippen LogP contribution in [0.25, 0.3) is 0 Å². The molecule has 2 rings (SSSR count). The summed E-state index contributed by atoms with van der Waals surface area (Å²) in [6, 6.07) is 7.94. The van der Waals surface area contributed by atoms with Crippen LogP contribution in [0.15, 0.2) is 29.3 Å². The first-order valence-electron chi connectivity index (χ1n) is 9.62. The van der Waals surface area contributed by atoms with E-state index in [1.165, 1.54) is 6.26 Å². The van der Waals surface area contributed by atoms with E-state index in [1.54, 1.807) is 4.31 Å². The van der Waals surface area contributed by atoms with Crippen LogP contribution in [0.1, 0.15) is 32.3 Å². The molecule has 1 saturated heterocycles. The van der Waals surface area contributed by atoms with Crippen molar-refractivity contribution in [1.82, 2.24) is 14.9 Å². The number of para-hydroxylation sites is 1. The quantitative estimate of drug-likeness (QED) is 0.310. The summed E-state index contributed by atoms with van der Waals surface area (Å²) in [5.74, 6) is 2.09. The molecule has 0 unspecified atom stereocenters. The first-order chi connectivity index (χ1) is 12.9. The Balaban J connectivity index is 0.00000392. The zero-order chi connectivity index (χ0) is 19.7. The van der Waals surface area contributed by atoms with Crippen molar-refractivity contribution in [1.29, 1.82) is 0 Å². The van der Waals surface area contributed by atoms with E-state index < -0.39 is 10.0 Å². The number of benzene rings is 1. The number of nitrogens with one attached hydrogen (secondary N) is 2. The van der Waals surface area contributed by atoms with Crippen LogP contribution >= 0.6 is 24.0 Å². The number of hydrogen-bond donors (Lipinski definition) is 2. The fourth-order valence-corrected chi connectivity index (χ4v) is 4.00. The van der Waals surface area contributed by atoms with Gasteiger partial charge in [-0.3, -0.25) is 0 Å². The molecule has 2 N–H and O–H groups in total. The average Bonchev–Trinajstić information content (AvgIpc) is 2.65. The molecule has 7 nitrogen and oxygen atoms in total. The van der Waals surface area contributed by atoms with Gasteiger partial charge in [0.1, 0.15) is 5.75 Å². The number of hydrogen-bond acceptors (Lipinski definition) is 4. The third-order valence-corrected chi connectivity index (χ3v) is 5.93. The zero-order valence-electron chi connectivity index (χ0n) is 17.0. The number of aliphatic imine (C=N–C) groups is 1. The van der Waals surface area contributed by atoms with Gasteiger partial charge >= 0.3 is 0 Å². The lowest BCUT2D eigenvalue weighted by Gasteiger charge is -2.30. The van der Waals surface area contributed by atoms with Crippen LogP contribution in [0, 0.1) is 5.92 Å². The van der Waals surface area contributed by atoms with Crippen molar-refractivity contribution in [3.05, 3.63) is 29.8 Å². The second kappa shape index (κ2) is 12.5. The number of sulfonamides is 1. The maximum atomic E-state index is 11.6. The number of rotatable bonds is 8. The van der Waals surface area contributed by atoms with E-state index in [4.69, 9.17) is 4.74 Å². The van der Waals surface area contributed by atoms with Gasteiger partial charge in [-0.15, -0.1) is 24.0 Å². The van der Waals surface area contributed by atoms with Crippen LogP contribution in [0.2, 0.25) is 0 Å². The third-order valence-electron chi connectivity index (χ3n) is 4.62. The minimum absolute atomic E-state index is 0. The summed E-state index contributed by atoms with van der Waals surface area (Å²) >= 11 is 0. The molecule has 9 heteroatoms. The molecule has 0 radical (unpaired) electrons. The van der Waals surface area contributed by atoms with Crippen molar-refractivity contribution in [3.63, 3.8) is 0 Å². The fourth-order valence-electron chi connectivity index (χ4n) is 3.12. The number of halogens is 1. The molecule has 0 bridgehead atoms. The van der Waals surface area contributed by atoms with Gasteiger partial charge < -0.3 is 15.4 Å². The van der Waals surface area contributed by atoms with Gasteiger partial charge in [-0.25, -0.2) is 17.7 Å². The summed E-state index contributed by atoms with van der Waals surface area (Å²) in [6.07, 6.45) is 3.01. The highest BCUT2D eigenvalue weighted by Gasteiger charge is 2.24. The smallest absolute Gasteiger partial charge is 0.211 e. The van der Waals surface area contributed by atoms with Gasteiger partial charge in [0, 0.05) is 31.7 Å². The van der Waals surface area contributed by atoms with Gasteiger partial charge in [0.15, 0.2) is 5.96 Å². The second-order valence-corrected chi connectivity index (χ2v) is 8.70. The molecule has 160 valence electrons. The van der Waals surface area contributed by atoms with Crippen LogP contribution in [0.3, 0.4) is 0 Å². The molecule has 28 heavy (non-hydrogen) atoms. The van der Waals surface area contributed by atoms with Crippen LogP contribution < -0.4 is 15.4 Å². The predicted molar refractivity (Wildman–Crippen MR) is 125 cm³/mol. The normalized spacial score (nSPS) is 16.3. The monoisotopic (exact) mass is 524 g/mol. The lowest BCUT2D eigenvalue weighted by molar-refractivity contribution is 0.275. The number of ether oxygens (including phenoxy) is 1. The molecule has 1 aliphatic heterocycles. The molecule has 1 aromatic carbocycles. The lowest BCUT2D eigenvalue weighted by atomic mass is 9.98. The largest absolute Gasteiger partial charge is 0.494 e. The Bertz CT molecular complexity index is 720. The average molecular weight is 524 g/mol. The Morgan fingerprint density at radius 3 is 2.50 bits per heavy atom. The number of nitrogens with zero attached hydrogens (tertiary/aromatic N) is 2. The topological polar surface area (TPSA) is 83.0 Å². The van der Waals surface area contributed by atoms with Crippen LogP contribution in [-0.2, 0) is 16.6 Å². The summed E-state index contributed by atoms with van der Waals surface area (Å²) < 4.78 is 30.4. The van der Waals surface area contributed by atoms with Crippen molar-refractivity contribution >= 4 is 40.0 Å². The first-order valence-corrected chi connectivity index (χ1v) is 11.5. The van der Waals surface area contributed by atoms with Crippen LogP contribution in [0.4, 0.5) is 0 Å².